The van der Waals surface area contributed by atoms with Gasteiger partial charge in [-0.15, -0.1) is 0 Å². The zero-order valence-corrected chi connectivity index (χ0v) is 10.4. The van der Waals surface area contributed by atoms with Crippen LogP contribution in [-0.4, -0.2) is 29.9 Å². The lowest BCUT2D eigenvalue weighted by molar-refractivity contribution is 0.0250. The van der Waals surface area contributed by atoms with Gasteiger partial charge in [-0.05, 0) is 13.0 Å². The summed E-state index contributed by atoms with van der Waals surface area (Å²) >= 11 is 0. The standard InChI is InChI=1S/C14H17N3O/c1-10-2-4-11(5-3-10)12-8-13(17-16-12)14-9-15-6-7-18-14/h2-5,8,14-15H,6-7,9H2,1H3,(H,16,17)/t14-/m0/s1. The maximum Gasteiger partial charge on any atom is 0.111 e. The van der Waals surface area contributed by atoms with Crippen LogP contribution >= 0.6 is 0 Å². The first kappa shape index (κ1) is 11.4. The fourth-order valence-electron chi connectivity index (χ4n) is 2.14. The first-order chi connectivity index (χ1) is 8.83. The van der Waals surface area contributed by atoms with Crippen molar-refractivity contribution in [2.75, 3.05) is 19.7 Å². The van der Waals surface area contributed by atoms with Gasteiger partial charge in [0.15, 0.2) is 0 Å². The highest BCUT2D eigenvalue weighted by Gasteiger charge is 2.18. The molecule has 2 heterocycles. The molecule has 1 aromatic heterocycles. The van der Waals surface area contributed by atoms with E-state index in [-0.39, 0.29) is 6.10 Å². The molecule has 0 bridgehead atoms. The van der Waals surface area contributed by atoms with Crippen molar-refractivity contribution in [3.8, 4) is 11.3 Å². The van der Waals surface area contributed by atoms with E-state index in [1.54, 1.807) is 0 Å². The van der Waals surface area contributed by atoms with Crippen LogP contribution in [0.2, 0.25) is 0 Å². The molecule has 1 aliphatic heterocycles. The van der Waals surface area contributed by atoms with Gasteiger partial charge < -0.3 is 10.1 Å². The lowest BCUT2D eigenvalue weighted by atomic mass is 10.1. The molecule has 0 unspecified atom stereocenters. The van der Waals surface area contributed by atoms with E-state index < -0.39 is 0 Å². The number of hydrogen-bond acceptors (Lipinski definition) is 3. The molecular formula is C14H17N3O. The lowest BCUT2D eigenvalue weighted by Crippen LogP contribution is -2.33. The van der Waals surface area contributed by atoms with Crippen molar-refractivity contribution in [1.29, 1.82) is 0 Å². The van der Waals surface area contributed by atoms with E-state index in [9.17, 15) is 0 Å². The third-order valence-electron chi connectivity index (χ3n) is 3.22. The minimum atomic E-state index is 0.0884. The summed E-state index contributed by atoms with van der Waals surface area (Å²) in [5.41, 5.74) is 4.40. The van der Waals surface area contributed by atoms with Crippen molar-refractivity contribution in [3.63, 3.8) is 0 Å². The monoisotopic (exact) mass is 243 g/mol. The molecule has 94 valence electrons. The topological polar surface area (TPSA) is 49.9 Å². The average Bonchev–Trinajstić information content (AvgIpc) is 2.90. The van der Waals surface area contributed by atoms with Gasteiger partial charge in [-0.1, -0.05) is 29.8 Å². The molecule has 3 rings (SSSR count). The number of aromatic amines is 1. The van der Waals surface area contributed by atoms with E-state index >= 15 is 0 Å². The molecule has 1 aliphatic rings. The minimum absolute atomic E-state index is 0.0884. The Bertz CT molecular complexity index is 512. The van der Waals surface area contributed by atoms with Crippen LogP contribution in [0, 0.1) is 6.92 Å². The number of hydrogen-bond donors (Lipinski definition) is 2. The zero-order chi connectivity index (χ0) is 12.4. The molecule has 0 aliphatic carbocycles. The van der Waals surface area contributed by atoms with Crippen LogP contribution in [0.5, 0.6) is 0 Å². The Morgan fingerprint density at radius 3 is 2.83 bits per heavy atom. The fraction of sp³-hybridized carbons (Fsp3) is 0.357. The second-order valence-electron chi connectivity index (χ2n) is 4.64. The summed E-state index contributed by atoms with van der Waals surface area (Å²) < 4.78 is 5.70. The van der Waals surface area contributed by atoms with Crippen molar-refractivity contribution in [2.45, 2.75) is 13.0 Å². The Labute approximate surface area is 106 Å². The second kappa shape index (κ2) is 4.92. The van der Waals surface area contributed by atoms with Gasteiger partial charge in [0, 0.05) is 18.7 Å². The molecule has 0 radical (unpaired) electrons. The number of benzene rings is 1. The van der Waals surface area contributed by atoms with Crippen LogP contribution in [0.25, 0.3) is 11.3 Å². The molecule has 2 N–H and O–H groups in total. The van der Waals surface area contributed by atoms with Gasteiger partial charge >= 0.3 is 0 Å². The molecule has 1 aromatic carbocycles. The molecule has 2 aromatic rings. The van der Waals surface area contributed by atoms with Crippen LogP contribution < -0.4 is 5.32 Å². The molecule has 1 saturated heterocycles. The number of rotatable bonds is 2. The lowest BCUT2D eigenvalue weighted by Gasteiger charge is -2.22. The summed E-state index contributed by atoms with van der Waals surface area (Å²) in [6, 6.07) is 10.5. The van der Waals surface area contributed by atoms with Gasteiger partial charge in [0.05, 0.1) is 18.0 Å². The molecule has 18 heavy (non-hydrogen) atoms. The molecule has 1 fully saturated rings. The summed E-state index contributed by atoms with van der Waals surface area (Å²) in [5, 5.41) is 10.7. The van der Waals surface area contributed by atoms with Gasteiger partial charge in [-0.3, -0.25) is 5.10 Å². The third kappa shape index (κ3) is 2.30. The molecule has 4 nitrogen and oxygen atoms in total. The highest BCUT2D eigenvalue weighted by atomic mass is 16.5. The number of nitrogens with one attached hydrogen (secondary N) is 2. The van der Waals surface area contributed by atoms with Crippen molar-refractivity contribution in [1.82, 2.24) is 15.5 Å². The SMILES string of the molecule is Cc1ccc(-c2cc([C@@H]3CNCCO3)[nH]n2)cc1. The number of aromatic nitrogens is 2. The maximum absolute atomic E-state index is 5.70. The summed E-state index contributed by atoms with van der Waals surface area (Å²) in [6.07, 6.45) is 0.0884. The van der Waals surface area contributed by atoms with Crippen LogP contribution in [-0.2, 0) is 4.74 Å². The number of nitrogens with zero attached hydrogens (tertiary/aromatic N) is 1. The van der Waals surface area contributed by atoms with E-state index in [4.69, 9.17) is 4.74 Å². The van der Waals surface area contributed by atoms with Gasteiger partial charge in [0.1, 0.15) is 6.10 Å². The summed E-state index contributed by atoms with van der Waals surface area (Å²) in [7, 11) is 0. The Balaban J connectivity index is 1.82. The number of ether oxygens (including phenoxy) is 1. The number of morpholine rings is 1. The third-order valence-corrected chi connectivity index (χ3v) is 3.22. The Morgan fingerprint density at radius 2 is 2.11 bits per heavy atom. The summed E-state index contributed by atoms with van der Waals surface area (Å²) in [5.74, 6) is 0. The van der Waals surface area contributed by atoms with Crippen molar-refractivity contribution < 1.29 is 4.74 Å². The van der Waals surface area contributed by atoms with Crippen LogP contribution in [0.4, 0.5) is 0 Å². The molecule has 0 amide bonds. The van der Waals surface area contributed by atoms with E-state index in [0.717, 1.165) is 36.6 Å². The van der Waals surface area contributed by atoms with Gasteiger partial charge in [0.2, 0.25) is 0 Å². The first-order valence-corrected chi connectivity index (χ1v) is 6.27. The van der Waals surface area contributed by atoms with Gasteiger partial charge in [-0.25, -0.2) is 0 Å². The smallest absolute Gasteiger partial charge is 0.111 e. The normalized spacial score (nSPS) is 19.9. The second-order valence-corrected chi connectivity index (χ2v) is 4.64. The average molecular weight is 243 g/mol. The Kier molecular flexibility index (Phi) is 3.13. The van der Waals surface area contributed by atoms with Crippen molar-refractivity contribution >= 4 is 0 Å². The molecule has 0 saturated carbocycles. The fourth-order valence-corrected chi connectivity index (χ4v) is 2.14. The highest BCUT2D eigenvalue weighted by molar-refractivity contribution is 5.59. The molecular weight excluding hydrogens is 226 g/mol. The molecule has 4 heteroatoms. The largest absolute Gasteiger partial charge is 0.369 e. The van der Waals surface area contributed by atoms with E-state index in [2.05, 4.69) is 52.8 Å². The van der Waals surface area contributed by atoms with E-state index in [1.807, 2.05) is 0 Å². The molecule has 1 atom stereocenters. The van der Waals surface area contributed by atoms with Crippen molar-refractivity contribution in [2.24, 2.45) is 0 Å². The predicted molar refractivity (Wildman–Crippen MR) is 70.3 cm³/mol. The number of aryl methyl sites for hydroxylation is 1. The van der Waals surface area contributed by atoms with E-state index in [0.29, 0.717) is 0 Å². The quantitative estimate of drug-likeness (QED) is 0.848. The summed E-state index contributed by atoms with van der Waals surface area (Å²) in [4.78, 5) is 0. The molecule has 0 spiro atoms. The van der Waals surface area contributed by atoms with Crippen LogP contribution in [0.3, 0.4) is 0 Å². The van der Waals surface area contributed by atoms with Crippen LogP contribution in [0.1, 0.15) is 17.4 Å². The summed E-state index contributed by atoms with van der Waals surface area (Å²) in [6.45, 7) is 4.61. The van der Waals surface area contributed by atoms with Crippen LogP contribution in [0.15, 0.2) is 30.3 Å². The maximum atomic E-state index is 5.70. The minimum Gasteiger partial charge on any atom is -0.369 e. The highest BCUT2D eigenvalue weighted by Crippen LogP contribution is 2.23. The zero-order valence-electron chi connectivity index (χ0n) is 10.4. The van der Waals surface area contributed by atoms with E-state index in [1.165, 1.54) is 5.56 Å². The van der Waals surface area contributed by atoms with Gasteiger partial charge in [0.25, 0.3) is 0 Å². The number of H-pyrrole nitrogens is 1. The predicted octanol–water partition coefficient (Wildman–Crippen LogP) is 2.05. The van der Waals surface area contributed by atoms with Gasteiger partial charge in [-0.2, -0.15) is 5.10 Å². The first-order valence-electron chi connectivity index (χ1n) is 6.27. The van der Waals surface area contributed by atoms with Crippen molar-refractivity contribution in [3.05, 3.63) is 41.6 Å². The Morgan fingerprint density at radius 1 is 1.28 bits per heavy atom. The Hall–Kier alpha value is -1.65.